The van der Waals surface area contributed by atoms with Gasteiger partial charge in [0.1, 0.15) is 23.9 Å². The van der Waals surface area contributed by atoms with Gasteiger partial charge in [-0.1, -0.05) is 24.6 Å². The normalized spacial score (nSPS) is 21.8. The van der Waals surface area contributed by atoms with Crippen LogP contribution in [0.5, 0.6) is 5.75 Å². The van der Waals surface area contributed by atoms with Gasteiger partial charge in [-0.05, 0) is 113 Å². The zero-order valence-electron chi connectivity index (χ0n) is 31.9. The van der Waals surface area contributed by atoms with E-state index in [-0.39, 0.29) is 48.7 Å². The fourth-order valence-electron chi connectivity index (χ4n) is 7.56. The van der Waals surface area contributed by atoms with Crippen molar-refractivity contribution in [2.24, 2.45) is 0 Å². The monoisotopic (exact) mass is 788 g/mol. The summed E-state index contributed by atoms with van der Waals surface area (Å²) in [4.78, 5) is 58.4. The van der Waals surface area contributed by atoms with Crippen molar-refractivity contribution < 1.29 is 23.9 Å². The van der Waals surface area contributed by atoms with Crippen LogP contribution in [0.4, 0.5) is 28.4 Å². The minimum absolute atomic E-state index is 0.117. The van der Waals surface area contributed by atoms with Gasteiger partial charge < -0.3 is 26.0 Å². The molecular weight excluding hydrogens is 740 g/mol. The molecular formula is C40H49ClN8O5S. The molecule has 55 heavy (non-hydrogen) atoms. The molecule has 0 bridgehead atoms. The molecule has 292 valence electrons. The number of halogens is 1. The number of nitrogens with zero attached hydrogens (tertiary/aromatic N) is 4. The summed E-state index contributed by atoms with van der Waals surface area (Å²) in [6, 6.07) is 18.0. The number of imide groups is 1. The highest BCUT2D eigenvalue weighted by molar-refractivity contribution is 7.81. The number of hydrogen-bond acceptors (Lipinski definition) is 10. The Morgan fingerprint density at radius 1 is 1.02 bits per heavy atom. The van der Waals surface area contributed by atoms with Crippen LogP contribution in [0.2, 0.25) is 5.02 Å². The summed E-state index contributed by atoms with van der Waals surface area (Å²) in [6.07, 6.45) is 1.43. The highest BCUT2D eigenvalue weighted by Gasteiger charge is 2.50. The van der Waals surface area contributed by atoms with Crippen molar-refractivity contribution in [2.75, 3.05) is 59.0 Å². The standard InChI is InChI=1S/C40H49ClN8O5S/c1-6-26-18-30(49-39(55)48(38(53)40(49,4)5)29-10-12-32(42)31(41)20-29)11-14-34(26)54-17-16-46-21-24(2)47(25(3)22-46)23-36(51)44-28-9-7-8-27(19-28)43-33-13-15-35(50)45-37(33)52/h7-12,14,18-20,24-25,33,43H,6,13,15-17,21-23,42H2,1-5H3,(H,44,51)(H,45,50,52)/t24-,25+,33?. The van der Waals surface area contributed by atoms with Crippen molar-refractivity contribution in [1.29, 1.82) is 0 Å². The van der Waals surface area contributed by atoms with E-state index in [0.717, 1.165) is 43.1 Å². The molecule has 3 aromatic rings. The van der Waals surface area contributed by atoms with E-state index in [1.54, 1.807) is 24.3 Å². The second-order valence-electron chi connectivity index (χ2n) is 14.9. The number of benzene rings is 3. The molecule has 4 amide bonds. The number of carbonyl (C=O) groups is 4. The molecule has 3 aliphatic heterocycles. The number of piperazine rings is 1. The SMILES string of the molecule is CCc1cc(N2C(=S)N(c3ccc(N)c(Cl)c3)C(=O)C2(C)C)ccc1OCCN1C[C@@H](C)N(CC(=O)Nc2cccc(NC3CCC(=O)NC3=O)c2)[C@@H](C)C1. The van der Waals surface area contributed by atoms with Crippen LogP contribution < -0.4 is 36.2 Å². The van der Waals surface area contributed by atoms with Gasteiger partial charge in [0, 0.05) is 55.2 Å². The van der Waals surface area contributed by atoms with Crippen LogP contribution in [-0.4, -0.2) is 95.0 Å². The number of nitrogens with one attached hydrogen (secondary N) is 3. The van der Waals surface area contributed by atoms with Crippen LogP contribution in [0.15, 0.2) is 60.7 Å². The van der Waals surface area contributed by atoms with Crippen LogP contribution in [0.25, 0.3) is 0 Å². The Labute approximate surface area is 332 Å². The van der Waals surface area contributed by atoms with Crippen LogP contribution in [-0.2, 0) is 25.6 Å². The fraction of sp³-hybridized carbons (Fsp3) is 0.425. The highest BCUT2D eigenvalue weighted by atomic mass is 35.5. The molecule has 15 heteroatoms. The Kier molecular flexibility index (Phi) is 12.0. The van der Waals surface area contributed by atoms with Crippen molar-refractivity contribution in [3.8, 4) is 5.75 Å². The molecule has 5 N–H and O–H groups in total. The number of aryl methyl sites for hydroxylation is 1. The lowest BCUT2D eigenvalue weighted by molar-refractivity contribution is -0.133. The van der Waals surface area contributed by atoms with E-state index in [2.05, 4.69) is 46.5 Å². The van der Waals surface area contributed by atoms with Crippen molar-refractivity contribution >= 4 is 81.0 Å². The van der Waals surface area contributed by atoms with Crippen molar-refractivity contribution in [2.45, 2.75) is 77.5 Å². The second kappa shape index (κ2) is 16.5. The van der Waals surface area contributed by atoms with Gasteiger partial charge in [-0.15, -0.1) is 0 Å². The maximum absolute atomic E-state index is 13.7. The van der Waals surface area contributed by atoms with E-state index < -0.39 is 11.6 Å². The number of hydrogen-bond donors (Lipinski definition) is 4. The highest BCUT2D eigenvalue weighted by Crippen LogP contribution is 2.39. The number of rotatable bonds is 12. The number of amides is 4. The molecule has 13 nitrogen and oxygen atoms in total. The largest absolute Gasteiger partial charge is 0.492 e. The molecule has 3 atom stereocenters. The van der Waals surface area contributed by atoms with Gasteiger partial charge in [-0.3, -0.25) is 39.2 Å². The summed E-state index contributed by atoms with van der Waals surface area (Å²) < 4.78 is 6.34. The number of thiocarbonyl (C=S) groups is 1. The average Bonchev–Trinajstić information content (AvgIpc) is 3.31. The maximum atomic E-state index is 13.7. The van der Waals surface area contributed by atoms with E-state index in [1.165, 1.54) is 4.90 Å². The smallest absolute Gasteiger partial charge is 0.259 e. The third kappa shape index (κ3) is 8.72. The molecule has 3 heterocycles. The first-order valence-electron chi connectivity index (χ1n) is 18.6. The lowest BCUT2D eigenvalue weighted by Crippen LogP contribution is -2.58. The molecule has 1 unspecified atom stereocenters. The van der Waals surface area contributed by atoms with E-state index in [1.807, 2.05) is 55.1 Å². The first-order valence-corrected chi connectivity index (χ1v) is 19.4. The third-order valence-corrected chi connectivity index (χ3v) is 11.2. The zero-order valence-corrected chi connectivity index (χ0v) is 33.4. The Bertz CT molecular complexity index is 1980. The Hall–Kier alpha value is -4.76. The third-order valence-electron chi connectivity index (χ3n) is 10.5. The summed E-state index contributed by atoms with van der Waals surface area (Å²) in [7, 11) is 0. The van der Waals surface area contributed by atoms with Gasteiger partial charge in [0.05, 0.1) is 22.9 Å². The van der Waals surface area contributed by atoms with Crippen LogP contribution in [0, 0.1) is 0 Å². The number of nitrogens with two attached hydrogens (primary N) is 1. The first-order chi connectivity index (χ1) is 26.2. The minimum Gasteiger partial charge on any atom is -0.492 e. The van der Waals surface area contributed by atoms with Gasteiger partial charge in [0.25, 0.3) is 5.91 Å². The Morgan fingerprint density at radius 3 is 2.42 bits per heavy atom. The van der Waals surface area contributed by atoms with Crippen LogP contribution in [0.3, 0.4) is 0 Å². The van der Waals surface area contributed by atoms with E-state index in [9.17, 15) is 19.2 Å². The fourth-order valence-corrected chi connectivity index (χ4v) is 8.26. The topological polar surface area (TPSA) is 153 Å². The number of piperidine rings is 1. The van der Waals surface area contributed by atoms with Crippen molar-refractivity contribution in [3.05, 3.63) is 71.2 Å². The molecule has 3 aliphatic rings. The van der Waals surface area contributed by atoms with Crippen LogP contribution in [0.1, 0.15) is 53.0 Å². The predicted molar refractivity (Wildman–Crippen MR) is 221 cm³/mol. The summed E-state index contributed by atoms with van der Waals surface area (Å²) >= 11 is 12.2. The van der Waals surface area contributed by atoms with Crippen molar-refractivity contribution in [3.63, 3.8) is 0 Å². The van der Waals surface area contributed by atoms with Gasteiger partial charge in [-0.2, -0.15) is 0 Å². The number of nitrogen functional groups attached to an aromatic ring is 1. The molecule has 0 saturated carbocycles. The predicted octanol–water partition coefficient (Wildman–Crippen LogP) is 5.03. The molecule has 6 rings (SSSR count). The molecule has 0 aromatic heterocycles. The minimum atomic E-state index is -0.934. The van der Waals surface area contributed by atoms with Gasteiger partial charge in [0.15, 0.2) is 5.11 Å². The van der Waals surface area contributed by atoms with Gasteiger partial charge in [0.2, 0.25) is 17.7 Å². The molecule has 3 aromatic carbocycles. The molecule has 3 fully saturated rings. The maximum Gasteiger partial charge on any atom is 0.259 e. The van der Waals surface area contributed by atoms with Crippen LogP contribution >= 0.6 is 23.8 Å². The Balaban J connectivity index is 1.01. The summed E-state index contributed by atoms with van der Waals surface area (Å²) in [5.41, 5.74) is 9.10. The quantitative estimate of drug-likeness (QED) is 0.111. The summed E-state index contributed by atoms with van der Waals surface area (Å²) in [6.45, 7) is 13.1. The first kappa shape index (κ1) is 39.9. The Morgan fingerprint density at radius 2 is 1.73 bits per heavy atom. The van der Waals surface area contributed by atoms with Crippen molar-refractivity contribution in [1.82, 2.24) is 15.1 Å². The average molecular weight is 789 g/mol. The second-order valence-corrected chi connectivity index (χ2v) is 15.7. The lowest BCUT2D eigenvalue weighted by Gasteiger charge is -2.44. The molecule has 3 saturated heterocycles. The number of anilines is 5. The molecule has 0 aliphatic carbocycles. The van der Waals surface area contributed by atoms with Gasteiger partial charge >= 0.3 is 0 Å². The number of ether oxygens (including phenoxy) is 1. The molecule has 0 spiro atoms. The number of carbonyl (C=O) groups excluding carboxylic acids is 4. The summed E-state index contributed by atoms with van der Waals surface area (Å²) in [5, 5.41) is 9.23. The van der Waals surface area contributed by atoms with Gasteiger partial charge in [-0.25, -0.2) is 0 Å². The van der Waals surface area contributed by atoms with E-state index >= 15 is 0 Å². The van der Waals surface area contributed by atoms with E-state index in [4.69, 9.17) is 34.3 Å². The van der Waals surface area contributed by atoms with E-state index in [0.29, 0.717) is 45.9 Å². The zero-order chi connectivity index (χ0) is 39.6. The molecule has 0 radical (unpaired) electrons. The lowest BCUT2D eigenvalue weighted by atomic mass is 10.0. The summed E-state index contributed by atoms with van der Waals surface area (Å²) in [5.74, 6) is -0.0996.